The molecule has 138 valence electrons. The number of carbonyl (C=O) groups excluding carboxylic acids is 1. The molecule has 1 fully saturated rings. The lowest BCUT2D eigenvalue weighted by atomic mass is 10.0. The van der Waals surface area contributed by atoms with Gasteiger partial charge in [-0.15, -0.1) is 0 Å². The number of morpholine rings is 1. The van der Waals surface area contributed by atoms with Gasteiger partial charge in [-0.2, -0.15) is 0 Å². The number of nitrogens with one attached hydrogen (secondary N) is 1. The summed E-state index contributed by atoms with van der Waals surface area (Å²) in [4.78, 5) is 14.8. The van der Waals surface area contributed by atoms with E-state index in [-0.39, 0.29) is 11.9 Å². The van der Waals surface area contributed by atoms with Crippen LogP contribution in [0.4, 0.5) is 0 Å². The van der Waals surface area contributed by atoms with Crippen molar-refractivity contribution in [3.05, 3.63) is 64.7 Å². The molecule has 0 spiro atoms. The van der Waals surface area contributed by atoms with Crippen molar-refractivity contribution in [1.82, 2.24) is 10.2 Å². The van der Waals surface area contributed by atoms with Gasteiger partial charge in [0.25, 0.3) is 5.91 Å². The van der Waals surface area contributed by atoms with Crippen LogP contribution in [0.15, 0.2) is 48.5 Å². The van der Waals surface area contributed by atoms with Crippen LogP contribution in [-0.4, -0.2) is 50.8 Å². The zero-order valence-corrected chi connectivity index (χ0v) is 15.5. The highest BCUT2D eigenvalue weighted by molar-refractivity contribution is 6.31. The SMILES string of the molecule is COc1ccc(C(=O)NCC(c2ccccc2Cl)N2CCOCC2)cc1. The fourth-order valence-corrected chi connectivity index (χ4v) is 3.37. The van der Waals surface area contributed by atoms with Crippen molar-refractivity contribution in [2.45, 2.75) is 6.04 Å². The summed E-state index contributed by atoms with van der Waals surface area (Å²) >= 11 is 6.42. The second-order valence-corrected chi connectivity index (χ2v) is 6.53. The lowest BCUT2D eigenvalue weighted by Gasteiger charge is -2.35. The molecule has 1 aliphatic rings. The van der Waals surface area contributed by atoms with Crippen molar-refractivity contribution in [3.63, 3.8) is 0 Å². The van der Waals surface area contributed by atoms with Gasteiger partial charge >= 0.3 is 0 Å². The van der Waals surface area contributed by atoms with E-state index in [1.54, 1.807) is 31.4 Å². The maximum atomic E-state index is 12.5. The highest BCUT2D eigenvalue weighted by atomic mass is 35.5. The predicted octanol–water partition coefficient (Wildman–Crippen LogP) is 3.15. The number of amides is 1. The van der Waals surface area contributed by atoms with Crippen molar-refractivity contribution in [2.24, 2.45) is 0 Å². The first-order valence-corrected chi connectivity index (χ1v) is 9.05. The molecule has 2 aromatic rings. The molecular weight excluding hydrogens is 352 g/mol. The first-order chi connectivity index (χ1) is 12.7. The molecule has 0 saturated carbocycles. The average molecular weight is 375 g/mol. The van der Waals surface area contributed by atoms with Crippen LogP contribution in [0.5, 0.6) is 5.75 Å². The summed E-state index contributed by atoms with van der Waals surface area (Å²) in [5, 5.41) is 3.75. The van der Waals surface area contributed by atoms with Gasteiger partial charge in [-0.05, 0) is 35.9 Å². The Morgan fingerprint density at radius 2 is 1.88 bits per heavy atom. The van der Waals surface area contributed by atoms with Crippen LogP contribution in [0.2, 0.25) is 5.02 Å². The molecule has 1 unspecified atom stereocenters. The van der Waals surface area contributed by atoms with Gasteiger partial charge in [-0.1, -0.05) is 29.8 Å². The molecule has 2 aromatic carbocycles. The molecule has 0 aromatic heterocycles. The Labute approximate surface area is 158 Å². The highest BCUT2D eigenvalue weighted by Gasteiger charge is 2.25. The Hall–Kier alpha value is -2.08. The van der Waals surface area contributed by atoms with Crippen molar-refractivity contribution < 1.29 is 14.3 Å². The minimum atomic E-state index is -0.113. The van der Waals surface area contributed by atoms with E-state index >= 15 is 0 Å². The summed E-state index contributed by atoms with van der Waals surface area (Å²) in [6.45, 7) is 3.48. The number of benzene rings is 2. The lowest BCUT2D eigenvalue weighted by molar-refractivity contribution is 0.0162. The van der Waals surface area contributed by atoms with Gasteiger partial charge in [0.2, 0.25) is 0 Å². The zero-order chi connectivity index (χ0) is 18.4. The van der Waals surface area contributed by atoms with Gasteiger partial charge in [0.05, 0.1) is 26.4 Å². The fourth-order valence-electron chi connectivity index (χ4n) is 3.10. The van der Waals surface area contributed by atoms with Crippen LogP contribution in [0.3, 0.4) is 0 Å². The lowest BCUT2D eigenvalue weighted by Crippen LogP contribution is -2.44. The molecule has 0 radical (unpaired) electrons. The number of hydrogen-bond acceptors (Lipinski definition) is 4. The third kappa shape index (κ3) is 4.55. The van der Waals surface area contributed by atoms with E-state index < -0.39 is 0 Å². The monoisotopic (exact) mass is 374 g/mol. The Bertz CT molecular complexity index is 730. The molecule has 3 rings (SSSR count). The van der Waals surface area contributed by atoms with E-state index in [4.69, 9.17) is 21.1 Å². The predicted molar refractivity (Wildman–Crippen MR) is 102 cm³/mol. The van der Waals surface area contributed by atoms with E-state index in [0.717, 1.165) is 24.4 Å². The number of nitrogens with zero attached hydrogens (tertiary/aromatic N) is 1. The fraction of sp³-hybridized carbons (Fsp3) is 0.350. The standard InChI is InChI=1S/C20H23ClN2O3/c1-25-16-8-6-15(7-9-16)20(24)22-14-19(23-10-12-26-13-11-23)17-4-2-3-5-18(17)21/h2-9,19H,10-14H2,1H3,(H,22,24). The van der Waals surface area contributed by atoms with E-state index in [0.29, 0.717) is 30.3 Å². The van der Waals surface area contributed by atoms with Crippen LogP contribution in [0, 0.1) is 0 Å². The summed E-state index contributed by atoms with van der Waals surface area (Å²) in [7, 11) is 1.60. The number of hydrogen-bond donors (Lipinski definition) is 1. The Kier molecular flexibility index (Phi) is 6.50. The number of ether oxygens (including phenoxy) is 2. The summed E-state index contributed by atoms with van der Waals surface area (Å²) < 4.78 is 10.6. The minimum Gasteiger partial charge on any atom is -0.497 e. The molecule has 0 aliphatic carbocycles. The first-order valence-electron chi connectivity index (χ1n) is 8.67. The van der Waals surface area contributed by atoms with Gasteiger partial charge in [-0.3, -0.25) is 9.69 Å². The van der Waals surface area contributed by atoms with Crippen LogP contribution < -0.4 is 10.1 Å². The largest absolute Gasteiger partial charge is 0.497 e. The molecule has 1 aliphatic heterocycles. The molecule has 1 saturated heterocycles. The average Bonchev–Trinajstić information content (AvgIpc) is 2.70. The number of methoxy groups -OCH3 is 1. The van der Waals surface area contributed by atoms with Crippen LogP contribution in [-0.2, 0) is 4.74 Å². The Morgan fingerprint density at radius 1 is 1.19 bits per heavy atom. The van der Waals surface area contributed by atoms with Gasteiger partial charge in [-0.25, -0.2) is 0 Å². The van der Waals surface area contributed by atoms with Crippen LogP contribution in [0.1, 0.15) is 22.0 Å². The zero-order valence-electron chi connectivity index (χ0n) is 14.8. The van der Waals surface area contributed by atoms with Crippen molar-refractivity contribution in [1.29, 1.82) is 0 Å². The van der Waals surface area contributed by atoms with Crippen LogP contribution >= 0.6 is 11.6 Å². The molecule has 0 bridgehead atoms. The topological polar surface area (TPSA) is 50.8 Å². The summed E-state index contributed by atoms with van der Waals surface area (Å²) in [5.74, 6) is 0.613. The van der Waals surface area contributed by atoms with Crippen molar-refractivity contribution in [2.75, 3.05) is 40.0 Å². The van der Waals surface area contributed by atoms with E-state index in [1.807, 2.05) is 24.3 Å². The normalized spacial score (nSPS) is 16.1. The molecule has 1 heterocycles. The third-order valence-electron chi connectivity index (χ3n) is 4.56. The number of rotatable bonds is 6. The Balaban J connectivity index is 1.72. The second-order valence-electron chi connectivity index (χ2n) is 6.12. The molecule has 6 heteroatoms. The van der Waals surface area contributed by atoms with E-state index in [2.05, 4.69) is 10.2 Å². The third-order valence-corrected chi connectivity index (χ3v) is 4.90. The number of halogens is 1. The molecule has 5 nitrogen and oxygen atoms in total. The summed E-state index contributed by atoms with van der Waals surface area (Å²) in [6.07, 6.45) is 0. The molecule has 1 atom stereocenters. The van der Waals surface area contributed by atoms with Gasteiger partial charge in [0, 0.05) is 30.2 Å². The Morgan fingerprint density at radius 3 is 2.54 bits per heavy atom. The number of carbonyl (C=O) groups is 1. The maximum absolute atomic E-state index is 12.5. The first kappa shape index (κ1) is 18.7. The van der Waals surface area contributed by atoms with Gasteiger partial charge in [0.15, 0.2) is 0 Å². The van der Waals surface area contributed by atoms with E-state index in [1.165, 1.54) is 0 Å². The smallest absolute Gasteiger partial charge is 0.251 e. The summed E-state index contributed by atoms with van der Waals surface area (Å²) in [5.41, 5.74) is 1.62. The maximum Gasteiger partial charge on any atom is 0.251 e. The minimum absolute atomic E-state index is 0.00907. The van der Waals surface area contributed by atoms with Crippen molar-refractivity contribution in [3.8, 4) is 5.75 Å². The van der Waals surface area contributed by atoms with E-state index in [9.17, 15) is 4.79 Å². The quantitative estimate of drug-likeness (QED) is 0.843. The van der Waals surface area contributed by atoms with Gasteiger partial charge in [0.1, 0.15) is 5.75 Å². The molecule has 1 N–H and O–H groups in total. The molecule has 1 amide bonds. The highest BCUT2D eigenvalue weighted by Crippen LogP contribution is 2.27. The second kappa shape index (κ2) is 9.03. The summed E-state index contributed by atoms with van der Waals surface area (Å²) in [6, 6.07) is 14.9. The van der Waals surface area contributed by atoms with Crippen molar-refractivity contribution >= 4 is 17.5 Å². The molecular formula is C20H23ClN2O3. The molecule has 26 heavy (non-hydrogen) atoms. The van der Waals surface area contributed by atoms with Gasteiger partial charge < -0.3 is 14.8 Å². The van der Waals surface area contributed by atoms with Crippen LogP contribution in [0.25, 0.3) is 0 Å².